The Morgan fingerprint density at radius 2 is 2.33 bits per heavy atom. The number of nitrogens with zero attached hydrogens (tertiary/aromatic N) is 3. The van der Waals surface area contributed by atoms with E-state index in [1.54, 1.807) is 0 Å². The van der Waals surface area contributed by atoms with Crippen LogP contribution in [0.3, 0.4) is 0 Å². The second-order valence-corrected chi connectivity index (χ2v) is 3.17. The topological polar surface area (TPSA) is 47.8 Å². The van der Waals surface area contributed by atoms with Crippen LogP contribution in [0.25, 0.3) is 0 Å². The third-order valence-corrected chi connectivity index (χ3v) is 1.61. The molecule has 0 aromatic carbocycles. The number of hydrogen-bond donors (Lipinski definition) is 0. The molecule has 0 unspecified atom stereocenters. The highest BCUT2D eigenvalue weighted by atomic mass is 16.2. The van der Waals surface area contributed by atoms with E-state index in [1.165, 1.54) is 17.3 Å². The number of carbonyl (C=O) groups excluding carboxylic acids is 1. The van der Waals surface area contributed by atoms with Gasteiger partial charge in [-0.15, -0.1) is 0 Å². The van der Waals surface area contributed by atoms with Crippen LogP contribution in [0.4, 0.5) is 0 Å². The van der Waals surface area contributed by atoms with E-state index in [0.29, 0.717) is 12.3 Å². The van der Waals surface area contributed by atoms with Crippen LogP contribution >= 0.6 is 0 Å². The first kappa shape index (κ1) is 8.90. The van der Waals surface area contributed by atoms with Crippen LogP contribution in [0, 0.1) is 5.92 Å². The minimum Gasteiger partial charge on any atom is -0.273 e. The predicted molar refractivity (Wildman–Crippen MR) is 44.7 cm³/mol. The highest BCUT2D eigenvalue weighted by molar-refractivity contribution is 5.77. The van der Waals surface area contributed by atoms with Crippen molar-refractivity contribution in [3.8, 4) is 0 Å². The Labute approximate surface area is 71.6 Å². The van der Waals surface area contributed by atoms with Gasteiger partial charge in [-0.1, -0.05) is 13.8 Å². The molecule has 1 aromatic heterocycles. The molecule has 0 atom stereocenters. The lowest BCUT2D eigenvalue weighted by Crippen LogP contribution is -2.11. The maximum absolute atomic E-state index is 11.3. The Bertz CT molecular complexity index is 241. The number of aromatic nitrogens is 3. The molecule has 0 radical (unpaired) electrons. The lowest BCUT2D eigenvalue weighted by atomic mass is 10.1. The van der Waals surface area contributed by atoms with Gasteiger partial charge in [-0.2, -0.15) is 9.78 Å². The van der Waals surface area contributed by atoms with Gasteiger partial charge in [0.2, 0.25) is 5.91 Å². The molecule has 0 amide bonds. The Morgan fingerprint density at radius 3 is 2.83 bits per heavy atom. The molecule has 4 nitrogen and oxygen atoms in total. The van der Waals surface area contributed by atoms with Crippen LogP contribution in [-0.4, -0.2) is 20.7 Å². The van der Waals surface area contributed by atoms with Gasteiger partial charge >= 0.3 is 0 Å². The van der Waals surface area contributed by atoms with Crippen LogP contribution < -0.4 is 0 Å². The summed E-state index contributed by atoms with van der Waals surface area (Å²) in [6.07, 6.45) is 4.25. The van der Waals surface area contributed by atoms with Gasteiger partial charge in [-0.05, 0) is 12.3 Å². The Kier molecular flexibility index (Phi) is 2.96. The summed E-state index contributed by atoms with van der Waals surface area (Å²) in [7, 11) is 0. The molecule has 0 aliphatic rings. The standard InChI is InChI=1S/C8H13N3O/c1-7(2)3-4-8(12)11-6-9-5-10-11/h5-7H,3-4H2,1-2H3. The summed E-state index contributed by atoms with van der Waals surface area (Å²) in [5, 5.41) is 3.75. The Balaban J connectivity index is 2.40. The first-order valence-electron chi connectivity index (χ1n) is 4.08. The van der Waals surface area contributed by atoms with Crippen molar-refractivity contribution in [3.05, 3.63) is 12.7 Å². The molecule has 0 fully saturated rings. The molecule has 66 valence electrons. The number of carbonyl (C=O) groups is 1. The van der Waals surface area contributed by atoms with Crippen LogP contribution in [0.5, 0.6) is 0 Å². The summed E-state index contributed by atoms with van der Waals surface area (Å²) in [5.41, 5.74) is 0. The van der Waals surface area contributed by atoms with Gasteiger partial charge < -0.3 is 0 Å². The summed E-state index contributed by atoms with van der Waals surface area (Å²) >= 11 is 0. The zero-order chi connectivity index (χ0) is 8.97. The summed E-state index contributed by atoms with van der Waals surface area (Å²) in [6.45, 7) is 4.18. The van der Waals surface area contributed by atoms with E-state index in [9.17, 15) is 4.79 Å². The van der Waals surface area contributed by atoms with Crippen LogP contribution in [0.2, 0.25) is 0 Å². The molecule has 1 rings (SSSR count). The zero-order valence-corrected chi connectivity index (χ0v) is 7.40. The van der Waals surface area contributed by atoms with E-state index >= 15 is 0 Å². The molecule has 0 aliphatic heterocycles. The van der Waals surface area contributed by atoms with Gasteiger partial charge in [-0.25, -0.2) is 4.98 Å². The predicted octanol–water partition coefficient (Wildman–Crippen LogP) is 1.35. The fourth-order valence-electron chi connectivity index (χ4n) is 0.864. The second kappa shape index (κ2) is 3.99. The molecule has 4 heteroatoms. The van der Waals surface area contributed by atoms with E-state index in [0.717, 1.165) is 6.42 Å². The first-order chi connectivity index (χ1) is 5.70. The monoisotopic (exact) mass is 167 g/mol. The first-order valence-corrected chi connectivity index (χ1v) is 4.08. The number of rotatable bonds is 3. The molecule has 1 aromatic rings. The van der Waals surface area contributed by atoms with E-state index in [-0.39, 0.29) is 5.91 Å². The fourth-order valence-corrected chi connectivity index (χ4v) is 0.864. The highest BCUT2D eigenvalue weighted by Gasteiger charge is 2.05. The second-order valence-electron chi connectivity index (χ2n) is 3.17. The zero-order valence-electron chi connectivity index (χ0n) is 7.40. The van der Waals surface area contributed by atoms with Crippen LogP contribution in [-0.2, 0) is 0 Å². The minimum atomic E-state index is 0.0150. The quantitative estimate of drug-likeness (QED) is 0.682. The molecule has 0 spiro atoms. The summed E-state index contributed by atoms with van der Waals surface area (Å²) in [5.74, 6) is 0.568. The molecule has 0 N–H and O–H groups in total. The molecule has 1 heterocycles. The molecular formula is C8H13N3O. The smallest absolute Gasteiger partial charge is 0.248 e. The van der Waals surface area contributed by atoms with Crippen molar-refractivity contribution in [1.82, 2.24) is 14.8 Å². The van der Waals surface area contributed by atoms with Gasteiger partial charge in [0.05, 0.1) is 0 Å². The van der Waals surface area contributed by atoms with Gasteiger partial charge in [0.25, 0.3) is 0 Å². The van der Waals surface area contributed by atoms with Crippen molar-refractivity contribution in [2.75, 3.05) is 0 Å². The summed E-state index contributed by atoms with van der Waals surface area (Å²) in [4.78, 5) is 15.0. The van der Waals surface area contributed by atoms with Crippen LogP contribution in [0.1, 0.15) is 31.5 Å². The SMILES string of the molecule is CC(C)CCC(=O)n1cncn1. The molecule has 0 saturated carbocycles. The lowest BCUT2D eigenvalue weighted by Gasteiger charge is -2.02. The van der Waals surface area contributed by atoms with E-state index in [2.05, 4.69) is 23.9 Å². The molecule has 0 saturated heterocycles. The van der Waals surface area contributed by atoms with Crippen molar-refractivity contribution >= 4 is 5.91 Å². The van der Waals surface area contributed by atoms with Gasteiger partial charge in [0.1, 0.15) is 12.7 Å². The van der Waals surface area contributed by atoms with Crippen molar-refractivity contribution < 1.29 is 4.79 Å². The van der Waals surface area contributed by atoms with E-state index in [4.69, 9.17) is 0 Å². The Morgan fingerprint density at radius 1 is 1.58 bits per heavy atom. The average Bonchev–Trinajstić information content (AvgIpc) is 2.51. The molecule has 0 bridgehead atoms. The summed E-state index contributed by atoms with van der Waals surface area (Å²) < 4.78 is 1.28. The lowest BCUT2D eigenvalue weighted by molar-refractivity contribution is 0.0878. The minimum absolute atomic E-state index is 0.0150. The van der Waals surface area contributed by atoms with Crippen molar-refractivity contribution in [3.63, 3.8) is 0 Å². The molecular weight excluding hydrogens is 154 g/mol. The highest BCUT2D eigenvalue weighted by Crippen LogP contribution is 2.04. The van der Waals surface area contributed by atoms with Crippen molar-refractivity contribution in [2.24, 2.45) is 5.92 Å². The normalized spacial score (nSPS) is 10.6. The molecule has 0 aliphatic carbocycles. The maximum atomic E-state index is 11.3. The largest absolute Gasteiger partial charge is 0.273 e. The Hall–Kier alpha value is -1.19. The fraction of sp³-hybridized carbons (Fsp3) is 0.625. The van der Waals surface area contributed by atoms with E-state index < -0.39 is 0 Å². The van der Waals surface area contributed by atoms with Crippen molar-refractivity contribution in [2.45, 2.75) is 26.7 Å². The van der Waals surface area contributed by atoms with Crippen LogP contribution in [0.15, 0.2) is 12.7 Å². The average molecular weight is 167 g/mol. The maximum Gasteiger partial charge on any atom is 0.248 e. The molecule has 12 heavy (non-hydrogen) atoms. The number of hydrogen-bond acceptors (Lipinski definition) is 3. The van der Waals surface area contributed by atoms with Gasteiger partial charge in [0, 0.05) is 6.42 Å². The van der Waals surface area contributed by atoms with E-state index in [1.807, 2.05) is 0 Å². The third-order valence-electron chi connectivity index (χ3n) is 1.61. The van der Waals surface area contributed by atoms with Gasteiger partial charge in [-0.3, -0.25) is 4.79 Å². The summed E-state index contributed by atoms with van der Waals surface area (Å²) in [6, 6.07) is 0. The van der Waals surface area contributed by atoms with Gasteiger partial charge in [0.15, 0.2) is 0 Å². The third kappa shape index (κ3) is 2.45. The van der Waals surface area contributed by atoms with Crippen molar-refractivity contribution in [1.29, 1.82) is 0 Å².